The normalized spacial score (nSPS) is 16.3. The van der Waals surface area contributed by atoms with Gasteiger partial charge in [-0.2, -0.15) is 0 Å². The number of rotatable bonds is 3. The highest BCUT2D eigenvalue weighted by molar-refractivity contribution is 5.90. The first-order valence-electron chi connectivity index (χ1n) is 7.23. The van der Waals surface area contributed by atoms with Crippen molar-refractivity contribution in [3.05, 3.63) is 69.8 Å². The van der Waals surface area contributed by atoms with Gasteiger partial charge in [-0.05, 0) is 29.8 Å². The van der Waals surface area contributed by atoms with Gasteiger partial charge in [-0.3, -0.25) is 10.1 Å². The number of halogens is 2. The third kappa shape index (κ3) is 3.43. The van der Waals surface area contributed by atoms with Gasteiger partial charge in [0.2, 0.25) is 0 Å². The van der Waals surface area contributed by atoms with Gasteiger partial charge in [0, 0.05) is 18.2 Å². The summed E-state index contributed by atoms with van der Waals surface area (Å²) in [4.78, 5) is 34.7. The van der Waals surface area contributed by atoms with Crippen LogP contribution in [0.15, 0.2) is 42.5 Å². The van der Waals surface area contributed by atoms with Crippen molar-refractivity contribution in [1.29, 1.82) is 0 Å². The summed E-state index contributed by atoms with van der Waals surface area (Å²) in [6, 6.07) is 6.11. The summed E-state index contributed by atoms with van der Waals surface area (Å²) < 4.78 is 36.6. The summed E-state index contributed by atoms with van der Waals surface area (Å²) >= 11 is 0. The minimum absolute atomic E-state index is 0.0222. The second-order valence-electron chi connectivity index (χ2n) is 5.28. The highest BCUT2D eigenvalue weighted by Gasteiger charge is 2.40. The van der Waals surface area contributed by atoms with E-state index in [0.717, 1.165) is 24.3 Å². The number of non-ortho nitro benzene ring substituents is 1. The van der Waals surface area contributed by atoms with Crippen molar-refractivity contribution in [2.75, 3.05) is 6.61 Å². The van der Waals surface area contributed by atoms with Gasteiger partial charge >= 0.3 is 12.2 Å². The van der Waals surface area contributed by atoms with Gasteiger partial charge in [0.1, 0.15) is 30.0 Å². The molecule has 0 N–H and O–H groups in total. The Labute approximate surface area is 144 Å². The van der Waals surface area contributed by atoms with Gasteiger partial charge in [-0.25, -0.2) is 23.3 Å². The molecule has 1 aliphatic rings. The summed E-state index contributed by atoms with van der Waals surface area (Å²) in [5.74, 6) is -1.80. The maximum atomic E-state index is 13.4. The van der Waals surface area contributed by atoms with Gasteiger partial charge in [-0.1, -0.05) is 0 Å². The number of hydrogen-bond acceptors (Lipinski definition) is 6. The molecular weight excluding hydrogens is 354 g/mol. The fourth-order valence-corrected chi connectivity index (χ4v) is 2.42. The van der Waals surface area contributed by atoms with E-state index in [9.17, 15) is 28.5 Å². The second-order valence-corrected chi connectivity index (χ2v) is 5.28. The molecule has 3 rings (SSSR count). The molecule has 0 aliphatic carbocycles. The Bertz CT molecular complexity index is 867. The molecule has 1 aliphatic heterocycles. The number of ether oxygens (including phenoxy) is 2. The van der Waals surface area contributed by atoms with Gasteiger partial charge in [0.15, 0.2) is 0 Å². The molecule has 1 fully saturated rings. The summed E-state index contributed by atoms with van der Waals surface area (Å²) in [5, 5.41) is 10.6. The number of imide groups is 1. The van der Waals surface area contributed by atoms with Crippen molar-refractivity contribution in [2.24, 2.45) is 0 Å². The fourth-order valence-electron chi connectivity index (χ4n) is 2.42. The Morgan fingerprint density at radius 3 is 2.38 bits per heavy atom. The van der Waals surface area contributed by atoms with Gasteiger partial charge in [0.25, 0.3) is 5.69 Å². The molecule has 2 amide bonds. The Hall–Kier alpha value is -3.56. The van der Waals surface area contributed by atoms with Crippen LogP contribution in [0.2, 0.25) is 0 Å². The molecule has 26 heavy (non-hydrogen) atoms. The van der Waals surface area contributed by atoms with E-state index < -0.39 is 34.8 Å². The molecule has 1 saturated heterocycles. The Balaban J connectivity index is 1.81. The Morgan fingerprint density at radius 1 is 1.19 bits per heavy atom. The van der Waals surface area contributed by atoms with Crippen LogP contribution in [0.5, 0.6) is 5.75 Å². The summed E-state index contributed by atoms with van der Waals surface area (Å²) in [7, 11) is 0. The minimum Gasteiger partial charge on any atom is -0.446 e. The van der Waals surface area contributed by atoms with Crippen molar-refractivity contribution < 1.29 is 32.8 Å². The molecule has 0 aromatic heterocycles. The first kappa shape index (κ1) is 17.3. The second kappa shape index (κ2) is 6.75. The van der Waals surface area contributed by atoms with Gasteiger partial charge in [0.05, 0.1) is 4.92 Å². The standard InChI is InChI=1S/C16H10F2N2O6/c17-10-5-9(6-11(18)7-10)14-8-25-15(21)19(14)16(22)26-13-3-1-12(2-4-13)20(23)24/h1-7,14H,8H2. The van der Waals surface area contributed by atoms with E-state index in [4.69, 9.17) is 9.47 Å². The Kier molecular flexibility index (Phi) is 4.48. The van der Waals surface area contributed by atoms with Crippen molar-refractivity contribution in [2.45, 2.75) is 6.04 Å². The van der Waals surface area contributed by atoms with E-state index in [2.05, 4.69) is 0 Å². The number of nitro benzene ring substituents is 1. The number of cyclic esters (lactones) is 1. The maximum absolute atomic E-state index is 13.4. The van der Waals surface area contributed by atoms with Crippen LogP contribution in [0.25, 0.3) is 0 Å². The molecule has 1 unspecified atom stereocenters. The molecule has 0 spiro atoms. The van der Waals surface area contributed by atoms with Crippen LogP contribution in [0.3, 0.4) is 0 Å². The van der Waals surface area contributed by atoms with Crippen LogP contribution in [0.4, 0.5) is 24.1 Å². The fraction of sp³-hybridized carbons (Fsp3) is 0.125. The van der Waals surface area contributed by atoms with E-state index >= 15 is 0 Å². The van der Waals surface area contributed by atoms with E-state index in [1.165, 1.54) is 12.1 Å². The van der Waals surface area contributed by atoms with Crippen LogP contribution in [0, 0.1) is 21.7 Å². The summed E-state index contributed by atoms with van der Waals surface area (Å²) in [5.41, 5.74) is -0.188. The van der Waals surface area contributed by atoms with E-state index in [0.29, 0.717) is 11.0 Å². The monoisotopic (exact) mass is 364 g/mol. The smallest absolute Gasteiger partial charge is 0.425 e. The number of benzene rings is 2. The van der Waals surface area contributed by atoms with Crippen molar-refractivity contribution in [3.63, 3.8) is 0 Å². The highest BCUT2D eigenvalue weighted by Crippen LogP contribution is 2.30. The molecule has 0 bridgehead atoms. The van der Waals surface area contributed by atoms with Crippen molar-refractivity contribution in [1.82, 2.24) is 4.90 Å². The lowest BCUT2D eigenvalue weighted by atomic mass is 10.1. The van der Waals surface area contributed by atoms with Crippen molar-refractivity contribution >= 4 is 17.9 Å². The largest absolute Gasteiger partial charge is 0.446 e. The third-order valence-electron chi connectivity index (χ3n) is 3.59. The lowest BCUT2D eigenvalue weighted by Crippen LogP contribution is -2.36. The zero-order valence-corrected chi connectivity index (χ0v) is 12.9. The molecule has 10 heteroatoms. The summed E-state index contributed by atoms with van der Waals surface area (Å²) in [6.45, 7) is -0.295. The van der Waals surface area contributed by atoms with Crippen LogP contribution in [0.1, 0.15) is 11.6 Å². The molecular formula is C16H10F2N2O6. The van der Waals surface area contributed by atoms with E-state index in [1.54, 1.807) is 0 Å². The summed E-state index contributed by atoms with van der Waals surface area (Å²) in [6.07, 6.45) is -2.18. The van der Waals surface area contributed by atoms with Gasteiger partial charge in [-0.15, -0.1) is 0 Å². The SMILES string of the molecule is O=C1OCC(c2cc(F)cc(F)c2)N1C(=O)Oc1ccc([N+](=O)[O-])cc1. The molecule has 1 heterocycles. The molecule has 2 aromatic carbocycles. The average Bonchev–Trinajstić information content (AvgIpc) is 2.96. The average molecular weight is 364 g/mol. The van der Waals surface area contributed by atoms with Crippen molar-refractivity contribution in [3.8, 4) is 5.75 Å². The number of nitrogens with zero attached hydrogens (tertiary/aromatic N) is 2. The number of carbonyl (C=O) groups excluding carboxylic acids is 2. The number of hydrogen-bond donors (Lipinski definition) is 0. The van der Waals surface area contributed by atoms with Crippen LogP contribution in [-0.2, 0) is 4.74 Å². The first-order valence-corrected chi connectivity index (χ1v) is 7.23. The predicted molar refractivity (Wildman–Crippen MR) is 81.4 cm³/mol. The van der Waals surface area contributed by atoms with Crippen LogP contribution in [-0.4, -0.2) is 28.6 Å². The van der Waals surface area contributed by atoms with Gasteiger partial charge < -0.3 is 9.47 Å². The third-order valence-corrected chi connectivity index (χ3v) is 3.59. The highest BCUT2D eigenvalue weighted by atomic mass is 19.1. The van der Waals surface area contributed by atoms with E-state index in [1.807, 2.05) is 0 Å². The predicted octanol–water partition coefficient (Wildman–Crippen LogP) is 3.57. The topological polar surface area (TPSA) is 99.0 Å². The molecule has 1 atom stereocenters. The number of carbonyl (C=O) groups is 2. The van der Waals surface area contributed by atoms with E-state index in [-0.39, 0.29) is 23.6 Å². The lowest BCUT2D eigenvalue weighted by Gasteiger charge is -2.19. The quantitative estimate of drug-likeness (QED) is 0.610. The molecule has 0 saturated carbocycles. The first-order chi connectivity index (χ1) is 12.3. The zero-order chi connectivity index (χ0) is 18.8. The Morgan fingerprint density at radius 2 is 1.81 bits per heavy atom. The van der Waals surface area contributed by atoms with Crippen LogP contribution < -0.4 is 4.74 Å². The zero-order valence-electron chi connectivity index (χ0n) is 12.9. The number of nitro groups is 1. The maximum Gasteiger partial charge on any atom is 0.425 e. The molecule has 0 radical (unpaired) electrons. The molecule has 2 aromatic rings. The van der Waals surface area contributed by atoms with Crippen LogP contribution >= 0.6 is 0 Å². The minimum atomic E-state index is -1.14. The molecule has 134 valence electrons. The number of amides is 2. The molecule has 8 nitrogen and oxygen atoms in total. The lowest BCUT2D eigenvalue weighted by molar-refractivity contribution is -0.384.